The number of hydrogen-bond acceptors (Lipinski definition) is 7. The third-order valence-electron chi connectivity index (χ3n) is 4.92. The number of carbonyl (C=O) groups is 1. The number of nitrogens with zero attached hydrogens (tertiary/aromatic N) is 3. The summed E-state index contributed by atoms with van der Waals surface area (Å²) in [5, 5.41) is 17.9. The topological polar surface area (TPSA) is 126 Å². The van der Waals surface area contributed by atoms with Crippen LogP contribution in [0.25, 0.3) is 11.3 Å². The number of carbonyl (C=O) groups excluding carboxylic acids is 1. The normalized spacial score (nSPS) is 13.0. The number of rotatable bonds is 5. The fourth-order valence-electron chi connectivity index (χ4n) is 3.16. The maximum absolute atomic E-state index is 12.8. The van der Waals surface area contributed by atoms with E-state index < -0.39 is 22.4 Å². The molecule has 10 nitrogen and oxygen atoms in total. The quantitative estimate of drug-likeness (QED) is 0.495. The molecule has 4 rings (SSSR count). The second kappa shape index (κ2) is 7.90. The van der Waals surface area contributed by atoms with E-state index in [0.29, 0.717) is 34.0 Å². The van der Waals surface area contributed by atoms with Crippen molar-refractivity contribution in [1.29, 1.82) is 0 Å². The van der Waals surface area contributed by atoms with Crippen LogP contribution in [0.3, 0.4) is 0 Å². The van der Waals surface area contributed by atoms with Crippen LogP contribution in [0.15, 0.2) is 53.3 Å². The lowest BCUT2D eigenvalue weighted by molar-refractivity contribution is -0.384. The zero-order valence-corrected chi connectivity index (χ0v) is 16.7. The van der Waals surface area contributed by atoms with Crippen molar-refractivity contribution in [3.63, 3.8) is 0 Å². The number of fused-ring (bicyclic) bond motifs is 1. The number of nitrogens with one attached hydrogen (secondary N) is 1. The van der Waals surface area contributed by atoms with E-state index >= 15 is 0 Å². The number of hydrogen-bond donors (Lipinski definition) is 1. The molecule has 0 spiro atoms. The lowest BCUT2D eigenvalue weighted by Crippen LogP contribution is -2.33. The second-order valence-electron chi connectivity index (χ2n) is 6.99. The van der Waals surface area contributed by atoms with E-state index in [4.69, 9.17) is 9.47 Å². The largest absolute Gasteiger partial charge is 0.454 e. The number of aromatic nitrogens is 2. The van der Waals surface area contributed by atoms with E-state index in [0.717, 1.165) is 4.68 Å². The van der Waals surface area contributed by atoms with Crippen molar-refractivity contribution in [3.8, 4) is 22.8 Å². The minimum absolute atomic E-state index is 0.0714. The van der Waals surface area contributed by atoms with Gasteiger partial charge >= 0.3 is 0 Å². The minimum atomic E-state index is -0.920. The summed E-state index contributed by atoms with van der Waals surface area (Å²) in [7, 11) is 0. The molecular weight excluding hydrogens is 404 g/mol. The number of benzene rings is 2. The van der Waals surface area contributed by atoms with E-state index in [-0.39, 0.29) is 12.5 Å². The van der Waals surface area contributed by atoms with Gasteiger partial charge in [-0.1, -0.05) is 0 Å². The fraction of sp³-hybridized carbons (Fsp3) is 0.190. The summed E-state index contributed by atoms with van der Waals surface area (Å²) in [5.74, 6) is 0.731. The zero-order valence-electron chi connectivity index (χ0n) is 16.7. The molecule has 0 saturated heterocycles. The molecule has 1 amide bonds. The minimum Gasteiger partial charge on any atom is -0.454 e. The molecule has 1 aromatic heterocycles. The molecule has 1 aliphatic rings. The third-order valence-corrected chi connectivity index (χ3v) is 4.92. The Labute approximate surface area is 176 Å². The van der Waals surface area contributed by atoms with Crippen molar-refractivity contribution in [2.45, 2.75) is 19.9 Å². The van der Waals surface area contributed by atoms with Crippen LogP contribution in [0.1, 0.15) is 18.5 Å². The smallest absolute Gasteiger partial charge is 0.269 e. The first-order valence-electron chi connectivity index (χ1n) is 9.39. The molecule has 0 radical (unpaired) electrons. The summed E-state index contributed by atoms with van der Waals surface area (Å²) in [5.41, 5.74) is 1.64. The number of ether oxygens (including phenoxy) is 2. The average molecular weight is 422 g/mol. The van der Waals surface area contributed by atoms with Gasteiger partial charge in [0.1, 0.15) is 6.04 Å². The first-order valence-corrected chi connectivity index (χ1v) is 9.39. The van der Waals surface area contributed by atoms with Gasteiger partial charge in [-0.2, -0.15) is 5.10 Å². The molecule has 158 valence electrons. The predicted molar refractivity (Wildman–Crippen MR) is 111 cm³/mol. The molecule has 31 heavy (non-hydrogen) atoms. The average Bonchev–Trinajstić information content (AvgIpc) is 3.22. The van der Waals surface area contributed by atoms with E-state index in [1.807, 2.05) is 0 Å². The Kier molecular flexibility index (Phi) is 5.12. The van der Waals surface area contributed by atoms with Gasteiger partial charge in [0, 0.05) is 29.4 Å². The van der Waals surface area contributed by atoms with Crippen LogP contribution in [-0.2, 0) is 4.79 Å². The molecule has 1 unspecified atom stereocenters. The van der Waals surface area contributed by atoms with E-state index in [9.17, 15) is 19.7 Å². The Morgan fingerprint density at radius 1 is 1.16 bits per heavy atom. The molecule has 3 aromatic rings. The highest BCUT2D eigenvalue weighted by molar-refractivity contribution is 5.94. The maximum atomic E-state index is 12.8. The molecule has 1 N–H and O–H groups in total. The van der Waals surface area contributed by atoms with Crippen molar-refractivity contribution in [3.05, 3.63) is 74.6 Å². The van der Waals surface area contributed by atoms with Crippen LogP contribution in [0.4, 0.5) is 11.4 Å². The highest BCUT2D eigenvalue weighted by atomic mass is 16.7. The number of aryl methyl sites for hydroxylation is 1. The standard InChI is InChI=1S/C21H18N4O6/c1-12-9-15(25(28)29)4-5-16(12)22-21(27)13(2)24-20(26)8-6-17(23-24)14-3-7-18-19(10-14)31-11-30-18/h3-10,13H,11H2,1-2H3,(H,22,27). The van der Waals surface area contributed by atoms with Crippen molar-refractivity contribution in [1.82, 2.24) is 9.78 Å². The summed E-state index contributed by atoms with van der Waals surface area (Å²) < 4.78 is 11.8. The Hall–Kier alpha value is -4.21. The van der Waals surface area contributed by atoms with E-state index in [1.54, 1.807) is 38.1 Å². The summed E-state index contributed by atoms with van der Waals surface area (Å²) in [6.45, 7) is 3.34. The van der Waals surface area contributed by atoms with E-state index in [2.05, 4.69) is 10.4 Å². The molecule has 2 aromatic carbocycles. The summed E-state index contributed by atoms with van der Waals surface area (Å²) in [4.78, 5) is 35.5. The number of nitro benzene ring substituents is 1. The lowest BCUT2D eigenvalue weighted by Gasteiger charge is -2.16. The van der Waals surface area contributed by atoms with Gasteiger partial charge < -0.3 is 14.8 Å². The Morgan fingerprint density at radius 2 is 1.94 bits per heavy atom. The van der Waals surface area contributed by atoms with E-state index in [1.165, 1.54) is 24.3 Å². The molecule has 0 aliphatic carbocycles. The van der Waals surface area contributed by atoms with Gasteiger partial charge in [-0.05, 0) is 49.7 Å². The van der Waals surface area contributed by atoms with Crippen molar-refractivity contribution in [2.75, 3.05) is 12.1 Å². The van der Waals surface area contributed by atoms with Crippen LogP contribution in [0.5, 0.6) is 11.5 Å². The van der Waals surface area contributed by atoms with Gasteiger partial charge in [0.15, 0.2) is 11.5 Å². The zero-order chi connectivity index (χ0) is 22.1. The Balaban J connectivity index is 1.59. The number of non-ortho nitro benzene ring substituents is 1. The second-order valence-corrected chi connectivity index (χ2v) is 6.99. The molecular formula is C21H18N4O6. The molecule has 1 atom stereocenters. The molecule has 0 saturated carbocycles. The summed E-state index contributed by atoms with van der Waals surface area (Å²) in [6.07, 6.45) is 0. The highest BCUT2D eigenvalue weighted by Crippen LogP contribution is 2.35. The SMILES string of the molecule is Cc1cc([N+](=O)[O-])ccc1NC(=O)C(C)n1nc(-c2ccc3c(c2)OCO3)ccc1=O. The number of nitro groups is 1. The first kappa shape index (κ1) is 20.1. The van der Waals surface area contributed by atoms with Gasteiger partial charge in [0.25, 0.3) is 11.2 Å². The molecule has 2 heterocycles. The van der Waals surface area contributed by atoms with Crippen LogP contribution in [-0.4, -0.2) is 27.4 Å². The van der Waals surface area contributed by atoms with Gasteiger partial charge in [-0.25, -0.2) is 4.68 Å². The maximum Gasteiger partial charge on any atom is 0.269 e. The van der Waals surface area contributed by atoms with Crippen molar-refractivity contribution >= 4 is 17.3 Å². The number of anilines is 1. The Bertz CT molecular complexity index is 1250. The summed E-state index contributed by atoms with van der Waals surface area (Å²) >= 11 is 0. The molecule has 10 heteroatoms. The van der Waals surface area contributed by atoms with Gasteiger partial charge in [0.2, 0.25) is 12.7 Å². The van der Waals surface area contributed by atoms with Gasteiger partial charge in [0.05, 0.1) is 10.6 Å². The highest BCUT2D eigenvalue weighted by Gasteiger charge is 2.20. The van der Waals surface area contributed by atoms with Crippen LogP contribution < -0.4 is 20.3 Å². The number of amides is 1. The van der Waals surface area contributed by atoms with Crippen molar-refractivity contribution in [2.24, 2.45) is 0 Å². The van der Waals surface area contributed by atoms with Crippen LogP contribution >= 0.6 is 0 Å². The third kappa shape index (κ3) is 3.95. The Morgan fingerprint density at radius 3 is 2.68 bits per heavy atom. The lowest BCUT2D eigenvalue weighted by atomic mass is 10.1. The fourth-order valence-corrected chi connectivity index (χ4v) is 3.16. The van der Waals surface area contributed by atoms with Crippen LogP contribution in [0, 0.1) is 17.0 Å². The van der Waals surface area contributed by atoms with Crippen LogP contribution in [0.2, 0.25) is 0 Å². The molecule has 0 bridgehead atoms. The first-order chi connectivity index (χ1) is 14.8. The monoisotopic (exact) mass is 422 g/mol. The predicted octanol–water partition coefficient (Wildman–Crippen LogP) is 3.06. The molecule has 1 aliphatic heterocycles. The van der Waals surface area contributed by atoms with Crippen molar-refractivity contribution < 1.29 is 19.2 Å². The van der Waals surface area contributed by atoms with Gasteiger partial charge in [-0.15, -0.1) is 0 Å². The van der Waals surface area contributed by atoms with Gasteiger partial charge in [-0.3, -0.25) is 19.7 Å². The summed E-state index contributed by atoms with van der Waals surface area (Å²) in [6, 6.07) is 11.4. The molecule has 0 fully saturated rings.